The number of likely N-dealkylation sites (tertiary alicyclic amines) is 1. The van der Waals surface area contributed by atoms with Crippen molar-refractivity contribution in [1.82, 2.24) is 15.2 Å². The molecule has 0 aliphatic carbocycles. The van der Waals surface area contributed by atoms with Gasteiger partial charge < -0.3 is 5.32 Å². The van der Waals surface area contributed by atoms with Gasteiger partial charge in [0, 0.05) is 0 Å². The topological polar surface area (TPSA) is 28.2 Å². The maximum atomic E-state index is 4.75. The number of benzene rings is 1. The average Bonchev–Trinajstić information content (AvgIpc) is 2.91. The van der Waals surface area contributed by atoms with E-state index in [2.05, 4.69) is 41.4 Å². The van der Waals surface area contributed by atoms with E-state index < -0.39 is 0 Å². The van der Waals surface area contributed by atoms with Gasteiger partial charge in [0.25, 0.3) is 0 Å². The first kappa shape index (κ1) is 14.9. The van der Waals surface area contributed by atoms with Gasteiger partial charge in [0.1, 0.15) is 5.01 Å². The standard InChI is InChI=1S/C17H25N3S/c1-2-9-18-12-14-7-10-20(11-8-14)13-17-19-15-5-3-4-6-16(15)21-17/h3-6,14,18H,2,7-13H2,1H3. The number of para-hydroxylation sites is 1. The normalized spacial score (nSPS) is 17.6. The van der Waals surface area contributed by atoms with Crippen molar-refractivity contribution < 1.29 is 0 Å². The maximum absolute atomic E-state index is 4.75. The van der Waals surface area contributed by atoms with Crippen molar-refractivity contribution in [3.05, 3.63) is 29.3 Å². The molecule has 4 heteroatoms. The molecule has 1 aromatic heterocycles. The zero-order chi connectivity index (χ0) is 14.5. The number of thiazole rings is 1. The van der Waals surface area contributed by atoms with Gasteiger partial charge in [-0.25, -0.2) is 4.98 Å². The van der Waals surface area contributed by atoms with Crippen molar-refractivity contribution in [1.29, 1.82) is 0 Å². The summed E-state index contributed by atoms with van der Waals surface area (Å²) in [5, 5.41) is 4.82. The molecule has 0 bridgehead atoms. The lowest BCUT2D eigenvalue weighted by Crippen LogP contribution is -2.37. The van der Waals surface area contributed by atoms with Crippen molar-refractivity contribution in [3.8, 4) is 0 Å². The summed E-state index contributed by atoms with van der Waals surface area (Å²) in [6.45, 7) is 8.04. The number of aromatic nitrogens is 1. The van der Waals surface area contributed by atoms with Gasteiger partial charge in [0.05, 0.1) is 16.8 Å². The van der Waals surface area contributed by atoms with E-state index in [1.54, 1.807) is 0 Å². The monoisotopic (exact) mass is 303 g/mol. The fourth-order valence-corrected chi connectivity index (χ4v) is 4.02. The summed E-state index contributed by atoms with van der Waals surface area (Å²) in [4.78, 5) is 7.31. The van der Waals surface area contributed by atoms with Crippen LogP contribution in [0.1, 0.15) is 31.2 Å². The van der Waals surface area contributed by atoms with E-state index in [9.17, 15) is 0 Å². The van der Waals surface area contributed by atoms with Crippen molar-refractivity contribution in [3.63, 3.8) is 0 Å². The minimum absolute atomic E-state index is 0.864. The zero-order valence-corrected chi connectivity index (χ0v) is 13.7. The molecule has 1 aromatic carbocycles. The molecule has 1 saturated heterocycles. The summed E-state index contributed by atoms with van der Waals surface area (Å²) in [6.07, 6.45) is 3.87. The number of nitrogens with one attached hydrogen (secondary N) is 1. The summed E-state index contributed by atoms with van der Waals surface area (Å²) in [5.41, 5.74) is 1.15. The smallest absolute Gasteiger partial charge is 0.108 e. The van der Waals surface area contributed by atoms with Crippen molar-refractivity contribution in [2.75, 3.05) is 26.2 Å². The van der Waals surface area contributed by atoms with Crippen LogP contribution in [-0.4, -0.2) is 36.1 Å². The van der Waals surface area contributed by atoms with Crippen LogP contribution in [0.4, 0.5) is 0 Å². The predicted molar refractivity (Wildman–Crippen MR) is 90.8 cm³/mol. The Morgan fingerprint density at radius 3 is 2.86 bits per heavy atom. The van der Waals surface area contributed by atoms with Crippen LogP contribution in [0.5, 0.6) is 0 Å². The molecule has 0 spiro atoms. The molecule has 21 heavy (non-hydrogen) atoms. The molecule has 0 saturated carbocycles. The number of rotatable bonds is 6. The third-order valence-corrected chi connectivity index (χ3v) is 5.29. The van der Waals surface area contributed by atoms with Gasteiger partial charge in [-0.3, -0.25) is 4.90 Å². The van der Waals surface area contributed by atoms with Gasteiger partial charge >= 0.3 is 0 Å². The molecule has 1 aliphatic heterocycles. The Labute approximate surface area is 131 Å². The van der Waals surface area contributed by atoms with E-state index in [0.29, 0.717) is 0 Å². The first-order valence-corrected chi connectivity index (χ1v) is 8.94. The Balaban J connectivity index is 1.48. The Hall–Kier alpha value is -0.970. The van der Waals surface area contributed by atoms with Gasteiger partial charge in [-0.15, -0.1) is 11.3 Å². The van der Waals surface area contributed by atoms with Crippen LogP contribution in [0.3, 0.4) is 0 Å². The summed E-state index contributed by atoms with van der Waals surface area (Å²) in [5.74, 6) is 0.864. The van der Waals surface area contributed by atoms with Gasteiger partial charge in [-0.05, 0) is 63.5 Å². The number of hydrogen-bond donors (Lipinski definition) is 1. The highest BCUT2D eigenvalue weighted by molar-refractivity contribution is 7.18. The van der Waals surface area contributed by atoms with E-state index in [0.717, 1.165) is 24.5 Å². The third kappa shape index (κ3) is 4.02. The maximum Gasteiger partial charge on any atom is 0.108 e. The molecular formula is C17H25N3S. The second kappa shape index (κ2) is 7.34. The Kier molecular flexibility index (Phi) is 5.22. The van der Waals surface area contributed by atoms with Crippen LogP contribution in [-0.2, 0) is 6.54 Å². The molecule has 114 valence electrons. The third-order valence-electron chi connectivity index (χ3n) is 4.26. The van der Waals surface area contributed by atoms with E-state index in [1.807, 2.05) is 11.3 Å². The number of hydrogen-bond acceptors (Lipinski definition) is 4. The summed E-state index contributed by atoms with van der Waals surface area (Å²) in [7, 11) is 0. The minimum atomic E-state index is 0.864. The molecule has 1 fully saturated rings. The summed E-state index contributed by atoms with van der Waals surface area (Å²) < 4.78 is 1.31. The van der Waals surface area contributed by atoms with Crippen molar-refractivity contribution in [2.45, 2.75) is 32.7 Å². The second-order valence-corrected chi connectivity index (χ2v) is 7.11. The molecule has 1 aliphatic rings. The van der Waals surface area contributed by atoms with Crippen molar-refractivity contribution in [2.24, 2.45) is 5.92 Å². The largest absolute Gasteiger partial charge is 0.316 e. The molecule has 2 aromatic rings. The first-order valence-electron chi connectivity index (χ1n) is 8.12. The van der Waals surface area contributed by atoms with Gasteiger partial charge in [0.15, 0.2) is 0 Å². The fraction of sp³-hybridized carbons (Fsp3) is 0.588. The van der Waals surface area contributed by atoms with Crippen LogP contribution >= 0.6 is 11.3 Å². The van der Waals surface area contributed by atoms with Crippen LogP contribution < -0.4 is 5.32 Å². The lowest BCUT2D eigenvalue weighted by Gasteiger charge is -2.31. The lowest BCUT2D eigenvalue weighted by molar-refractivity contribution is 0.175. The van der Waals surface area contributed by atoms with Gasteiger partial charge in [0.2, 0.25) is 0 Å². The van der Waals surface area contributed by atoms with Gasteiger partial charge in [-0.2, -0.15) is 0 Å². The molecule has 0 radical (unpaired) electrons. The van der Waals surface area contributed by atoms with E-state index in [-0.39, 0.29) is 0 Å². The SMILES string of the molecule is CCCNCC1CCN(Cc2nc3ccccc3s2)CC1. The number of fused-ring (bicyclic) bond motifs is 1. The second-order valence-electron chi connectivity index (χ2n) is 6.00. The molecular weight excluding hydrogens is 278 g/mol. The average molecular weight is 303 g/mol. The van der Waals surface area contributed by atoms with Crippen molar-refractivity contribution >= 4 is 21.6 Å². The fourth-order valence-electron chi connectivity index (χ4n) is 3.01. The highest BCUT2D eigenvalue weighted by atomic mass is 32.1. The predicted octanol–water partition coefficient (Wildman–Crippen LogP) is 3.51. The van der Waals surface area contributed by atoms with Crippen LogP contribution in [0.2, 0.25) is 0 Å². The Morgan fingerprint density at radius 2 is 2.10 bits per heavy atom. The lowest BCUT2D eigenvalue weighted by atomic mass is 9.97. The molecule has 0 atom stereocenters. The van der Waals surface area contributed by atoms with E-state index in [1.165, 1.54) is 48.6 Å². The molecule has 3 rings (SSSR count). The summed E-state index contributed by atoms with van der Waals surface area (Å²) >= 11 is 1.84. The molecule has 3 nitrogen and oxygen atoms in total. The Bertz CT molecular complexity index is 525. The minimum Gasteiger partial charge on any atom is -0.316 e. The molecule has 0 unspecified atom stereocenters. The molecule has 0 amide bonds. The summed E-state index contributed by atoms with van der Waals surface area (Å²) in [6, 6.07) is 8.45. The van der Waals surface area contributed by atoms with Crippen LogP contribution in [0.15, 0.2) is 24.3 Å². The highest BCUT2D eigenvalue weighted by Gasteiger charge is 2.19. The molecule has 2 heterocycles. The van der Waals surface area contributed by atoms with E-state index >= 15 is 0 Å². The quantitative estimate of drug-likeness (QED) is 0.828. The van der Waals surface area contributed by atoms with E-state index in [4.69, 9.17) is 4.98 Å². The van der Waals surface area contributed by atoms with Crippen LogP contribution in [0.25, 0.3) is 10.2 Å². The number of nitrogens with zero attached hydrogens (tertiary/aromatic N) is 2. The zero-order valence-electron chi connectivity index (χ0n) is 12.8. The first-order chi connectivity index (χ1) is 10.3. The van der Waals surface area contributed by atoms with Gasteiger partial charge in [-0.1, -0.05) is 19.1 Å². The highest BCUT2D eigenvalue weighted by Crippen LogP contribution is 2.24. The Morgan fingerprint density at radius 1 is 1.29 bits per heavy atom. The number of piperidine rings is 1. The van der Waals surface area contributed by atoms with Crippen LogP contribution in [0, 0.1) is 5.92 Å². The molecule has 1 N–H and O–H groups in total.